The normalized spacial score (nSPS) is 10.2. The Morgan fingerprint density at radius 1 is 1.31 bits per heavy atom. The first kappa shape index (κ1) is 13.7. The zero-order valence-electron chi connectivity index (χ0n) is 9.02. The van der Waals surface area contributed by atoms with E-state index in [4.69, 9.17) is 0 Å². The molecule has 16 heavy (non-hydrogen) atoms. The van der Waals surface area contributed by atoms with Crippen LogP contribution in [-0.4, -0.2) is 26.0 Å². The van der Waals surface area contributed by atoms with E-state index in [1.54, 1.807) is 6.07 Å². The lowest BCUT2D eigenvalue weighted by Crippen LogP contribution is -2.26. The van der Waals surface area contributed by atoms with Crippen LogP contribution in [0.2, 0.25) is 0 Å². The van der Waals surface area contributed by atoms with Gasteiger partial charge in [-0.25, -0.2) is 0 Å². The number of halogens is 2. The molecule has 3 nitrogen and oxygen atoms in total. The lowest BCUT2D eigenvalue weighted by atomic mass is 10.2. The zero-order valence-corrected chi connectivity index (χ0v) is 12.2. The highest BCUT2D eigenvalue weighted by Crippen LogP contribution is 2.21. The molecule has 0 saturated carbocycles. The molecule has 0 bridgehead atoms. The average Bonchev–Trinajstić information content (AvgIpc) is 2.27. The van der Waals surface area contributed by atoms with E-state index >= 15 is 0 Å². The molecule has 0 unspecified atom stereocenters. The Hall–Kier alpha value is -0.390. The Labute approximate surface area is 112 Å². The summed E-state index contributed by atoms with van der Waals surface area (Å²) >= 11 is 6.71. The number of carbonyl (C=O) groups is 1. The quantitative estimate of drug-likeness (QED) is 0.802. The molecular weight excluding hydrogens is 336 g/mol. The van der Waals surface area contributed by atoms with Gasteiger partial charge in [0.15, 0.2) is 0 Å². The van der Waals surface area contributed by atoms with E-state index in [0.29, 0.717) is 12.1 Å². The first-order chi connectivity index (χ1) is 7.65. The summed E-state index contributed by atoms with van der Waals surface area (Å²) in [5.41, 5.74) is 0.652. The number of carbonyl (C=O) groups excluding carboxylic acids is 1. The van der Waals surface area contributed by atoms with E-state index in [2.05, 4.69) is 42.5 Å². The van der Waals surface area contributed by atoms with Gasteiger partial charge in [0.2, 0.25) is 0 Å². The third kappa shape index (κ3) is 4.23. The van der Waals surface area contributed by atoms with Gasteiger partial charge in [-0.1, -0.05) is 15.9 Å². The second-order valence-corrected chi connectivity index (χ2v) is 5.11. The molecule has 0 atom stereocenters. The molecule has 88 valence electrons. The minimum absolute atomic E-state index is 0.0516. The van der Waals surface area contributed by atoms with Crippen LogP contribution in [0.5, 0.6) is 0 Å². The molecule has 0 radical (unpaired) electrons. The summed E-state index contributed by atoms with van der Waals surface area (Å²) in [6.45, 7) is 1.58. The minimum atomic E-state index is -0.0516. The van der Waals surface area contributed by atoms with Crippen molar-refractivity contribution in [1.82, 2.24) is 10.6 Å². The maximum absolute atomic E-state index is 11.8. The Balaban J connectivity index is 2.55. The first-order valence-electron chi connectivity index (χ1n) is 5.03. The van der Waals surface area contributed by atoms with Gasteiger partial charge < -0.3 is 10.6 Å². The molecule has 1 aromatic rings. The number of rotatable bonds is 5. The molecule has 0 saturated heterocycles. The maximum Gasteiger partial charge on any atom is 0.252 e. The largest absolute Gasteiger partial charge is 0.352 e. The van der Waals surface area contributed by atoms with Crippen molar-refractivity contribution in [2.75, 3.05) is 20.1 Å². The number of nitrogens with one attached hydrogen (secondary N) is 2. The zero-order chi connectivity index (χ0) is 12.0. The van der Waals surface area contributed by atoms with Gasteiger partial charge in [0, 0.05) is 15.5 Å². The van der Waals surface area contributed by atoms with E-state index in [1.807, 2.05) is 19.2 Å². The minimum Gasteiger partial charge on any atom is -0.352 e. The number of benzene rings is 1. The van der Waals surface area contributed by atoms with Crippen molar-refractivity contribution in [3.8, 4) is 0 Å². The van der Waals surface area contributed by atoms with Crippen molar-refractivity contribution in [1.29, 1.82) is 0 Å². The van der Waals surface area contributed by atoms with Gasteiger partial charge in [-0.2, -0.15) is 0 Å². The molecule has 2 N–H and O–H groups in total. The molecule has 1 amide bonds. The maximum atomic E-state index is 11.8. The number of hydrogen-bond acceptors (Lipinski definition) is 2. The second kappa shape index (κ2) is 7.04. The topological polar surface area (TPSA) is 41.1 Å². The Morgan fingerprint density at radius 2 is 2.06 bits per heavy atom. The van der Waals surface area contributed by atoms with Gasteiger partial charge in [0.1, 0.15) is 0 Å². The average molecular weight is 350 g/mol. The first-order valence-corrected chi connectivity index (χ1v) is 6.61. The molecule has 1 aromatic carbocycles. The summed E-state index contributed by atoms with van der Waals surface area (Å²) < 4.78 is 1.71. The molecule has 0 heterocycles. The van der Waals surface area contributed by atoms with E-state index in [0.717, 1.165) is 21.9 Å². The predicted octanol–water partition coefficient (Wildman–Crippen LogP) is 2.55. The van der Waals surface area contributed by atoms with Gasteiger partial charge in [-0.15, -0.1) is 0 Å². The summed E-state index contributed by atoms with van der Waals surface area (Å²) in [6, 6.07) is 5.55. The third-order valence-electron chi connectivity index (χ3n) is 2.06. The Bertz CT molecular complexity index is 369. The monoisotopic (exact) mass is 348 g/mol. The van der Waals surface area contributed by atoms with Crippen LogP contribution in [0.4, 0.5) is 0 Å². The second-order valence-electron chi connectivity index (χ2n) is 3.34. The standard InChI is InChI=1S/C11H14Br2N2O/c1-14-5-2-6-15-11(16)9-7-8(12)3-4-10(9)13/h3-4,7,14H,2,5-6H2,1H3,(H,15,16). The van der Waals surface area contributed by atoms with Crippen LogP contribution in [-0.2, 0) is 0 Å². The van der Waals surface area contributed by atoms with Crippen molar-refractivity contribution < 1.29 is 4.79 Å². The highest BCUT2D eigenvalue weighted by Gasteiger charge is 2.09. The third-order valence-corrected chi connectivity index (χ3v) is 3.25. The van der Waals surface area contributed by atoms with Crippen LogP contribution in [0, 0.1) is 0 Å². The van der Waals surface area contributed by atoms with Gasteiger partial charge >= 0.3 is 0 Å². The van der Waals surface area contributed by atoms with Crippen LogP contribution in [0.3, 0.4) is 0 Å². The van der Waals surface area contributed by atoms with Crippen molar-refractivity contribution in [3.63, 3.8) is 0 Å². The van der Waals surface area contributed by atoms with Crippen LogP contribution < -0.4 is 10.6 Å². The highest BCUT2D eigenvalue weighted by atomic mass is 79.9. The van der Waals surface area contributed by atoms with E-state index in [-0.39, 0.29) is 5.91 Å². The van der Waals surface area contributed by atoms with E-state index in [9.17, 15) is 4.79 Å². The summed E-state index contributed by atoms with van der Waals surface area (Å²) in [4.78, 5) is 11.8. The fourth-order valence-electron chi connectivity index (χ4n) is 1.23. The lowest BCUT2D eigenvalue weighted by molar-refractivity contribution is 0.0952. The van der Waals surface area contributed by atoms with E-state index < -0.39 is 0 Å². The van der Waals surface area contributed by atoms with Crippen molar-refractivity contribution in [2.24, 2.45) is 0 Å². The fourth-order valence-corrected chi connectivity index (χ4v) is 2.02. The van der Waals surface area contributed by atoms with E-state index in [1.165, 1.54) is 0 Å². The van der Waals surface area contributed by atoms with Gasteiger partial charge in [0.05, 0.1) is 5.56 Å². The molecule has 0 aliphatic rings. The summed E-state index contributed by atoms with van der Waals surface area (Å²) in [5, 5.41) is 5.91. The van der Waals surface area contributed by atoms with Crippen LogP contribution in [0.25, 0.3) is 0 Å². The van der Waals surface area contributed by atoms with Crippen LogP contribution in [0.1, 0.15) is 16.8 Å². The van der Waals surface area contributed by atoms with Crippen molar-refractivity contribution >= 4 is 37.8 Å². The van der Waals surface area contributed by atoms with Crippen molar-refractivity contribution in [3.05, 3.63) is 32.7 Å². The lowest BCUT2D eigenvalue weighted by Gasteiger charge is -2.07. The van der Waals surface area contributed by atoms with Gasteiger partial charge in [-0.05, 0) is 54.1 Å². The summed E-state index contributed by atoms with van der Waals surface area (Å²) in [7, 11) is 1.90. The molecule has 0 aliphatic carbocycles. The number of amides is 1. The van der Waals surface area contributed by atoms with Gasteiger partial charge in [0.25, 0.3) is 5.91 Å². The van der Waals surface area contributed by atoms with Crippen molar-refractivity contribution in [2.45, 2.75) is 6.42 Å². The predicted molar refractivity (Wildman–Crippen MR) is 72.7 cm³/mol. The molecule has 0 fully saturated rings. The molecule has 0 spiro atoms. The van der Waals surface area contributed by atoms with Crippen LogP contribution in [0.15, 0.2) is 27.1 Å². The Kier molecular flexibility index (Phi) is 6.01. The Morgan fingerprint density at radius 3 is 2.75 bits per heavy atom. The fraction of sp³-hybridized carbons (Fsp3) is 0.364. The SMILES string of the molecule is CNCCCNC(=O)c1cc(Br)ccc1Br. The van der Waals surface area contributed by atoms with Gasteiger partial charge in [-0.3, -0.25) is 4.79 Å². The molecule has 1 rings (SSSR count). The molecule has 0 aromatic heterocycles. The highest BCUT2D eigenvalue weighted by molar-refractivity contribution is 9.11. The summed E-state index contributed by atoms with van der Waals surface area (Å²) in [5.74, 6) is -0.0516. The summed E-state index contributed by atoms with van der Waals surface area (Å²) in [6.07, 6.45) is 0.924. The van der Waals surface area contributed by atoms with Crippen LogP contribution >= 0.6 is 31.9 Å². The molecular formula is C11H14Br2N2O. The molecule has 0 aliphatic heterocycles. The number of hydrogen-bond donors (Lipinski definition) is 2. The molecule has 5 heteroatoms. The smallest absolute Gasteiger partial charge is 0.252 e.